The molecule has 0 aliphatic rings. The van der Waals surface area contributed by atoms with E-state index in [0.29, 0.717) is 10.9 Å². The fourth-order valence-electron chi connectivity index (χ4n) is 2.01. The Morgan fingerprint density at radius 2 is 1.85 bits per heavy atom. The van der Waals surface area contributed by atoms with E-state index in [0.717, 1.165) is 35.5 Å². The zero-order valence-corrected chi connectivity index (χ0v) is 12.8. The van der Waals surface area contributed by atoms with Crippen molar-refractivity contribution in [2.75, 3.05) is 6.54 Å². The minimum atomic E-state index is 0.442. The lowest BCUT2D eigenvalue weighted by atomic mass is 10.1. The Labute approximate surface area is 124 Å². The van der Waals surface area contributed by atoms with Crippen LogP contribution in [0.4, 0.5) is 0 Å². The topological polar surface area (TPSA) is 34.2 Å². The summed E-state index contributed by atoms with van der Waals surface area (Å²) in [6.45, 7) is 7.81. The van der Waals surface area contributed by atoms with Gasteiger partial charge in [0.2, 0.25) is 5.88 Å². The van der Waals surface area contributed by atoms with Gasteiger partial charge in [-0.3, -0.25) is 0 Å². The van der Waals surface area contributed by atoms with Gasteiger partial charge in [0.05, 0.1) is 0 Å². The van der Waals surface area contributed by atoms with Gasteiger partial charge in [-0.25, -0.2) is 4.98 Å². The van der Waals surface area contributed by atoms with Gasteiger partial charge in [-0.1, -0.05) is 24.6 Å². The molecule has 1 aromatic carbocycles. The average Bonchev–Trinajstić information content (AvgIpc) is 2.38. The van der Waals surface area contributed by atoms with Crippen LogP contribution in [0.1, 0.15) is 23.6 Å². The molecule has 0 unspecified atom stereocenters. The van der Waals surface area contributed by atoms with Crippen LogP contribution in [0.2, 0.25) is 5.02 Å². The summed E-state index contributed by atoms with van der Waals surface area (Å²) in [5, 5.41) is 3.76. The van der Waals surface area contributed by atoms with E-state index < -0.39 is 0 Å². The van der Waals surface area contributed by atoms with E-state index in [1.54, 1.807) is 6.20 Å². The second-order valence-corrected chi connectivity index (χ2v) is 5.24. The van der Waals surface area contributed by atoms with Gasteiger partial charge in [-0.2, -0.15) is 0 Å². The molecule has 20 heavy (non-hydrogen) atoms. The molecule has 1 heterocycles. The summed E-state index contributed by atoms with van der Waals surface area (Å²) in [6.07, 6.45) is 1.78. The third-order valence-electron chi connectivity index (χ3n) is 2.85. The zero-order chi connectivity index (χ0) is 14.5. The Balaban J connectivity index is 2.16. The first-order chi connectivity index (χ1) is 9.58. The molecule has 0 aliphatic heterocycles. The highest BCUT2D eigenvalue weighted by Gasteiger charge is 2.07. The van der Waals surface area contributed by atoms with Crippen molar-refractivity contribution < 1.29 is 4.74 Å². The van der Waals surface area contributed by atoms with E-state index in [9.17, 15) is 0 Å². The molecule has 1 N–H and O–H groups in total. The molecule has 106 valence electrons. The Morgan fingerprint density at radius 1 is 1.15 bits per heavy atom. The summed E-state index contributed by atoms with van der Waals surface area (Å²) in [5.74, 6) is 1.20. The number of hydrogen-bond acceptors (Lipinski definition) is 3. The smallest absolute Gasteiger partial charge is 0.238 e. The minimum Gasteiger partial charge on any atom is -0.438 e. The number of halogens is 1. The van der Waals surface area contributed by atoms with E-state index >= 15 is 0 Å². The highest BCUT2D eigenvalue weighted by atomic mass is 35.5. The highest BCUT2D eigenvalue weighted by molar-refractivity contribution is 6.31. The van der Waals surface area contributed by atoms with Gasteiger partial charge in [0.15, 0.2) is 0 Å². The summed E-state index contributed by atoms with van der Waals surface area (Å²) < 4.78 is 5.77. The molecule has 0 aliphatic carbocycles. The molecular formula is C16H19ClN2O. The molecule has 0 bridgehead atoms. The molecule has 2 aromatic rings. The number of aromatic nitrogens is 1. The number of benzene rings is 1. The normalized spacial score (nSPS) is 10.6. The Hall–Kier alpha value is -1.58. The maximum atomic E-state index is 6.22. The lowest BCUT2D eigenvalue weighted by molar-refractivity contribution is 0.462. The van der Waals surface area contributed by atoms with Crippen LogP contribution in [-0.2, 0) is 6.54 Å². The molecule has 0 fully saturated rings. The number of ether oxygens (including phenoxy) is 1. The molecule has 0 atom stereocenters. The van der Waals surface area contributed by atoms with E-state index in [2.05, 4.69) is 23.3 Å². The van der Waals surface area contributed by atoms with Gasteiger partial charge < -0.3 is 10.1 Å². The van der Waals surface area contributed by atoms with Crippen molar-refractivity contribution in [1.29, 1.82) is 0 Å². The van der Waals surface area contributed by atoms with Crippen molar-refractivity contribution >= 4 is 11.6 Å². The van der Waals surface area contributed by atoms with Crippen LogP contribution < -0.4 is 10.1 Å². The zero-order valence-electron chi connectivity index (χ0n) is 12.0. The quantitative estimate of drug-likeness (QED) is 0.894. The van der Waals surface area contributed by atoms with Crippen LogP contribution in [0, 0.1) is 13.8 Å². The maximum Gasteiger partial charge on any atom is 0.238 e. The first-order valence-corrected chi connectivity index (χ1v) is 7.07. The molecule has 2 rings (SSSR count). The van der Waals surface area contributed by atoms with Crippen LogP contribution >= 0.6 is 11.6 Å². The standard InChI is InChI=1S/C16H19ClN2O/c1-4-18-9-13-8-15(17)16(19-10-13)20-14-6-11(2)5-12(3)7-14/h5-8,10,18H,4,9H2,1-3H3. The Bertz CT molecular complexity index is 579. The van der Waals surface area contributed by atoms with Gasteiger partial charge in [-0.15, -0.1) is 0 Å². The van der Waals surface area contributed by atoms with Crippen molar-refractivity contribution in [2.24, 2.45) is 0 Å². The molecular weight excluding hydrogens is 272 g/mol. The van der Waals surface area contributed by atoms with E-state index in [-0.39, 0.29) is 0 Å². The SMILES string of the molecule is CCNCc1cnc(Oc2cc(C)cc(C)c2)c(Cl)c1. The third-order valence-corrected chi connectivity index (χ3v) is 3.12. The van der Waals surface area contributed by atoms with Gasteiger partial charge in [-0.05, 0) is 55.3 Å². The summed E-state index contributed by atoms with van der Waals surface area (Å²) in [6, 6.07) is 7.92. The van der Waals surface area contributed by atoms with Gasteiger partial charge >= 0.3 is 0 Å². The lowest BCUT2D eigenvalue weighted by Gasteiger charge is -2.09. The summed E-state index contributed by atoms with van der Waals surface area (Å²) in [5.41, 5.74) is 3.35. The molecule has 0 saturated carbocycles. The predicted octanol–water partition coefficient (Wildman–Crippen LogP) is 4.25. The van der Waals surface area contributed by atoms with Crippen molar-refractivity contribution in [3.63, 3.8) is 0 Å². The van der Waals surface area contributed by atoms with Gasteiger partial charge in [0, 0.05) is 12.7 Å². The molecule has 3 nitrogen and oxygen atoms in total. The van der Waals surface area contributed by atoms with Crippen LogP contribution in [-0.4, -0.2) is 11.5 Å². The maximum absolute atomic E-state index is 6.22. The van der Waals surface area contributed by atoms with Crippen molar-refractivity contribution in [3.05, 3.63) is 52.2 Å². The number of aryl methyl sites for hydroxylation is 2. The molecule has 4 heteroatoms. The third kappa shape index (κ3) is 3.95. The largest absolute Gasteiger partial charge is 0.438 e. The fraction of sp³-hybridized carbons (Fsp3) is 0.312. The number of pyridine rings is 1. The lowest BCUT2D eigenvalue weighted by Crippen LogP contribution is -2.11. The van der Waals surface area contributed by atoms with Crippen LogP contribution in [0.25, 0.3) is 0 Å². The van der Waals surface area contributed by atoms with Crippen LogP contribution in [0.3, 0.4) is 0 Å². The van der Waals surface area contributed by atoms with E-state index in [4.69, 9.17) is 16.3 Å². The van der Waals surface area contributed by atoms with Crippen molar-refractivity contribution in [2.45, 2.75) is 27.3 Å². The van der Waals surface area contributed by atoms with E-state index in [1.807, 2.05) is 32.0 Å². The average molecular weight is 291 g/mol. The molecule has 0 spiro atoms. The number of nitrogens with one attached hydrogen (secondary N) is 1. The number of nitrogens with zero attached hydrogens (tertiary/aromatic N) is 1. The summed E-state index contributed by atoms with van der Waals surface area (Å²) >= 11 is 6.22. The van der Waals surface area contributed by atoms with Crippen LogP contribution in [0.5, 0.6) is 11.6 Å². The Morgan fingerprint density at radius 3 is 2.45 bits per heavy atom. The second kappa shape index (κ2) is 6.73. The van der Waals surface area contributed by atoms with Gasteiger partial charge in [0.25, 0.3) is 0 Å². The molecule has 1 aromatic heterocycles. The summed E-state index contributed by atoms with van der Waals surface area (Å²) in [7, 11) is 0. The van der Waals surface area contributed by atoms with E-state index in [1.165, 1.54) is 0 Å². The monoisotopic (exact) mass is 290 g/mol. The first kappa shape index (κ1) is 14.8. The molecule has 0 radical (unpaired) electrons. The summed E-state index contributed by atoms with van der Waals surface area (Å²) in [4.78, 5) is 4.29. The molecule has 0 amide bonds. The number of rotatable bonds is 5. The highest BCUT2D eigenvalue weighted by Crippen LogP contribution is 2.28. The minimum absolute atomic E-state index is 0.442. The second-order valence-electron chi connectivity index (χ2n) is 4.84. The number of hydrogen-bond donors (Lipinski definition) is 1. The fourth-order valence-corrected chi connectivity index (χ4v) is 2.24. The first-order valence-electron chi connectivity index (χ1n) is 6.69. The van der Waals surface area contributed by atoms with Crippen molar-refractivity contribution in [1.82, 2.24) is 10.3 Å². The molecule has 0 saturated heterocycles. The Kier molecular flexibility index (Phi) is 4.99. The predicted molar refractivity (Wildman–Crippen MR) is 82.6 cm³/mol. The van der Waals surface area contributed by atoms with Gasteiger partial charge in [0.1, 0.15) is 10.8 Å². The van der Waals surface area contributed by atoms with Crippen LogP contribution in [0.15, 0.2) is 30.5 Å². The van der Waals surface area contributed by atoms with Crippen molar-refractivity contribution in [3.8, 4) is 11.6 Å².